The second-order valence-corrected chi connectivity index (χ2v) is 5.98. The number of nitrogens with zero attached hydrogens (tertiary/aromatic N) is 3. The maximum absolute atomic E-state index is 12.4. The second-order valence-electron chi connectivity index (χ2n) is 5.98. The van der Waals surface area contributed by atoms with Gasteiger partial charge < -0.3 is 5.32 Å². The van der Waals surface area contributed by atoms with Crippen LogP contribution in [0.2, 0.25) is 0 Å². The Morgan fingerprint density at radius 1 is 1.24 bits per heavy atom. The summed E-state index contributed by atoms with van der Waals surface area (Å²) in [7, 11) is 0. The molecule has 2 heterocycles. The number of aryl methyl sites for hydroxylation is 1. The average Bonchev–Trinajstić information content (AvgIpc) is 2.57. The number of pyridine rings is 1. The molecular weight excluding hydrogens is 320 g/mol. The molecule has 1 N–H and O–H groups in total. The summed E-state index contributed by atoms with van der Waals surface area (Å²) in [5.41, 5.74) is 1.42. The van der Waals surface area contributed by atoms with E-state index >= 15 is 0 Å². The van der Waals surface area contributed by atoms with Crippen molar-refractivity contribution in [2.24, 2.45) is 0 Å². The Morgan fingerprint density at radius 2 is 1.96 bits per heavy atom. The van der Waals surface area contributed by atoms with E-state index in [1.807, 2.05) is 38.1 Å². The highest BCUT2D eigenvalue weighted by molar-refractivity contribution is 5.60. The van der Waals surface area contributed by atoms with Gasteiger partial charge in [-0.2, -0.15) is 0 Å². The van der Waals surface area contributed by atoms with Crippen LogP contribution < -0.4 is 10.9 Å². The Morgan fingerprint density at radius 3 is 2.68 bits per heavy atom. The normalized spacial score (nSPS) is 12.1. The predicted octanol–water partition coefficient (Wildman–Crippen LogP) is 2.95. The molecular formula is C18H18N4O3. The zero-order valence-electron chi connectivity index (χ0n) is 14.0. The third-order valence-electron chi connectivity index (χ3n) is 4.06. The lowest BCUT2D eigenvalue weighted by atomic mass is 10.0. The highest BCUT2D eigenvalue weighted by Gasteiger charge is 2.24. The van der Waals surface area contributed by atoms with Crippen LogP contribution in [0.15, 0.2) is 53.5 Å². The number of rotatable bonds is 5. The van der Waals surface area contributed by atoms with Gasteiger partial charge in [-0.05, 0) is 43.5 Å². The summed E-state index contributed by atoms with van der Waals surface area (Å²) in [6, 6.07) is 12.8. The Balaban J connectivity index is 1.97. The number of nitrogens with one attached hydrogen (secondary N) is 1. The Labute approximate surface area is 144 Å². The van der Waals surface area contributed by atoms with Crippen LogP contribution in [-0.4, -0.2) is 20.3 Å². The standard InChI is InChI=1S/C18H18N4O3/c1-12-7-3-4-8-14(12)11-13(2)19-17-16(22(24)25)18(23)21-10-6-5-9-15(21)20-17/h3-10,13,19H,11H2,1-2H3. The Hall–Kier alpha value is -3.22. The van der Waals surface area contributed by atoms with Crippen molar-refractivity contribution in [3.63, 3.8) is 0 Å². The molecule has 7 heteroatoms. The summed E-state index contributed by atoms with van der Waals surface area (Å²) in [5.74, 6) is 0.00211. The molecule has 0 aliphatic heterocycles. The lowest BCUT2D eigenvalue weighted by molar-refractivity contribution is -0.385. The smallest absolute Gasteiger partial charge is 0.361 e. The maximum atomic E-state index is 12.4. The summed E-state index contributed by atoms with van der Waals surface area (Å²) in [4.78, 5) is 27.4. The van der Waals surface area contributed by atoms with Gasteiger partial charge in [-0.15, -0.1) is 0 Å². The van der Waals surface area contributed by atoms with Crippen LogP contribution in [0, 0.1) is 17.0 Å². The molecule has 128 valence electrons. The summed E-state index contributed by atoms with van der Waals surface area (Å²) in [6.07, 6.45) is 2.14. The topological polar surface area (TPSA) is 89.5 Å². The number of nitro groups is 1. The van der Waals surface area contributed by atoms with Crippen molar-refractivity contribution in [1.29, 1.82) is 0 Å². The summed E-state index contributed by atoms with van der Waals surface area (Å²) < 4.78 is 1.18. The van der Waals surface area contributed by atoms with Gasteiger partial charge >= 0.3 is 11.2 Å². The molecule has 0 spiro atoms. The zero-order chi connectivity index (χ0) is 18.0. The fourth-order valence-corrected chi connectivity index (χ4v) is 2.80. The SMILES string of the molecule is Cc1ccccc1CC(C)Nc1nc2ccccn2c(=O)c1[N+](=O)[O-]. The Bertz CT molecular complexity index is 997. The van der Waals surface area contributed by atoms with Gasteiger partial charge in [0.25, 0.3) is 0 Å². The summed E-state index contributed by atoms with van der Waals surface area (Å²) in [5, 5.41) is 14.4. The first-order valence-electron chi connectivity index (χ1n) is 7.94. The lowest BCUT2D eigenvalue weighted by Crippen LogP contribution is -2.25. The molecule has 1 unspecified atom stereocenters. The van der Waals surface area contributed by atoms with Crippen LogP contribution in [0.4, 0.5) is 11.5 Å². The molecule has 0 aliphatic rings. The molecule has 1 aromatic carbocycles. The van der Waals surface area contributed by atoms with E-state index in [0.717, 1.165) is 11.1 Å². The largest absolute Gasteiger partial charge is 0.376 e. The van der Waals surface area contributed by atoms with E-state index in [1.165, 1.54) is 10.6 Å². The van der Waals surface area contributed by atoms with Crippen LogP contribution in [0.25, 0.3) is 5.65 Å². The van der Waals surface area contributed by atoms with Crippen molar-refractivity contribution < 1.29 is 4.92 Å². The number of benzene rings is 1. The monoisotopic (exact) mass is 338 g/mol. The molecule has 2 aromatic heterocycles. The molecule has 0 saturated heterocycles. The second kappa shape index (κ2) is 6.72. The molecule has 7 nitrogen and oxygen atoms in total. The molecule has 0 fully saturated rings. The van der Waals surface area contributed by atoms with E-state index < -0.39 is 16.2 Å². The van der Waals surface area contributed by atoms with E-state index in [-0.39, 0.29) is 11.9 Å². The van der Waals surface area contributed by atoms with Crippen molar-refractivity contribution in [3.05, 3.63) is 80.3 Å². The molecule has 1 atom stereocenters. The molecule has 25 heavy (non-hydrogen) atoms. The van der Waals surface area contributed by atoms with Crippen LogP contribution in [-0.2, 0) is 6.42 Å². The van der Waals surface area contributed by atoms with Crippen molar-refractivity contribution >= 4 is 17.2 Å². The minimum absolute atomic E-state index is 0.00211. The average molecular weight is 338 g/mol. The third kappa shape index (κ3) is 3.35. The van der Waals surface area contributed by atoms with Crippen molar-refractivity contribution in [3.8, 4) is 0 Å². The van der Waals surface area contributed by atoms with Gasteiger partial charge in [-0.1, -0.05) is 30.3 Å². The number of fused-ring (bicyclic) bond motifs is 1. The third-order valence-corrected chi connectivity index (χ3v) is 4.06. The molecule has 3 rings (SSSR count). The number of aromatic nitrogens is 2. The highest BCUT2D eigenvalue weighted by Crippen LogP contribution is 2.20. The molecule has 0 bridgehead atoms. The van der Waals surface area contributed by atoms with Crippen LogP contribution >= 0.6 is 0 Å². The summed E-state index contributed by atoms with van der Waals surface area (Å²) in [6.45, 7) is 3.93. The minimum atomic E-state index is -0.693. The minimum Gasteiger partial charge on any atom is -0.361 e. The van der Waals surface area contributed by atoms with Gasteiger partial charge in [0.2, 0.25) is 5.82 Å². The first kappa shape index (κ1) is 16.6. The fraction of sp³-hybridized carbons (Fsp3) is 0.222. The molecule has 0 radical (unpaired) electrons. The first-order chi connectivity index (χ1) is 12.0. The first-order valence-corrected chi connectivity index (χ1v) is 7.94. The van der Waals surface area contributed by atoms with E-state index in [9.17, 15) is 14.9 Å². The summed E-state index contributed by atoms with van der Waals surface area (Å²) >= 11 is 0. The molecule has 0 amide bonds. The van der Waals surface area contributed by atoms with Crippen molar-refractivity contribution in [1.82, 2.24) is 9.38 Å². The molecule has 0 saturated carbocycles. The Kier molecular flexibility index (Phi) is 4.47. The quantitative estimate of drug-likeness (QED) is 0.570. The molecule has 0 aliphatic carbocycles. The predicted molar refractivity (Wildman–Crippen MR) is 96.1 cm³/mol. The van der Waals surface area contributed by atoms with Gasteiger partial charge in [0.05, 0.1) is 4.92 Å². The van der Waals surface area contributed by atoms with Gasteiger partial charge in [0.15, 0.2) is 0 Å². The number of hydrogen-bond acceptors (Lipinski definition) is 5. The van der Waals surface area contributed by atoms with Gasteiger partial charge in [-0.25, -0.2) is 4.98 Å². The van der Waals surface area contributed by atoms with Gasteiger partial charge in [0, 0.05) is 12.2 Å². The molecule has 3 aromatic rings. The number of hydrogen-bond donors (Lipinski definition) is 1. The number of anilines is 1. The van der Waals surface area contributed by atoms with E-state index in [2.05, 4.69) is 10.3 Å². The fourth-order valence-electron chi connectivity index (χ4n) is 2.80. The van der Waals surface area contributed by atoms with Crippen molar-refractivity contribution in [2.75, 3.05) is 5.32 Å². The van der Waals surface area contributed by atoms with E-state index in [4.69, 9.17) is 0 Å². The lowest BCUT2D eigenvalue weighted by Gasteiger charge is -2.16. The highest BCUT2D eigenvalue weighted by atomic mass is 16.6. The van der Waals surface area contributed by atoms with Crippen LogP contribution in [0.1, 0.15) is 18.1 Å². The van der Waals surface area contributed by atoms with E-state index in [0.29, 0.717) is 12.1 Å². The van der Waals surface area contributed by atoms with Gasteiger partial charge in [0.1, 0.15) is 5.65 Å². The van der Waals surface area contributed by atoms with Gasteiger partial charge in [-0.3, -0.25) is 19.3 Å². The van der Waals surface area contributed by atoms with Crippen molar-refractivity contribution in [2.45, 2.75) is 26.3 Å². The van der Waals surface area contributed by atoms with E-state index in [1.54, 1.807) is 18.2 Å². The zero-order valence-corrected chi connectivity index (χ0v) is 14.0. The van der Waals surface area contributed by atoms with Crippen LogP contribution in [0.3, 0.4) is 0 Å². The maximum Gasteiger partial charge on any atom is 0.376 e. The van der Waals surface area contributed by atoms with Crippen LogP contribution in [0.5, 0.6) is 0 Å².